The molecule has 7 atom stereocenters. The highest BCUT2D eigenvalue weighted by Gasteiger charge is 2.58. The van der Waals surface area contributed by atoms with Gasteiger partial charge in [-0.05, 0) is 50.2 Å². The number of likely N-dealkylation sites (tertiary alicyclic amines) is 2. The number of hydrogen-bond acceptors (Lipinski definition) is 6. The number of nitrogens with zero attached hydrogens (tertiary/aromatic N) is 4. The summed E-state index contributed by atoms with van der Waals surface area (Å²) in [5.74, 6) is -3.22. The van der Waals surface area contributed by atoms with Gasteiger partial charge >= 0.3 is 5.97 Å². The lowest BCUT2D eigenvalue weighted by Gasteiger charge is -2.45. The van der Waals surface area contributed by atoms with Gasteiger partial charge in [-0.15, -0.1) is 0 Å². The fraction of sp³-hybridized carbons (Fsp3) is 0.543. The molecule has 5 heterocycles. The Morgan fingerprint density at radius 2 is 1.83 bits per heavy atom. The van der Waals surface area contributed by atoms with Gasteiger partial charge in [0.2, 0.25) is 23.6 Å². The van der Waals surface area contributed by atoms with Crippen molar-refractivity contribution >= 4 is 47.1 Å². The van der Waals surface area contributed by atoms with E-state index in [1.807, 2.05) is 25.2 Å². The Bertz CT molecular complexity index is 1580. The van der Waals surface area contributed by atoms with Crippen molar-refractivity contribution in [3.05, 3.63) is 59.2 Å². The molecular formula is C35H42ClN5O7. The number of carbonyl (C=O) groups excluding carboxylic acids is 5. The molecule has 0 unspecified atom stereocenters. The molecule has 3 fully saturated rings. The molecular weight excluding hydrogens is 638 g/mol. The minimum absolute atomic E-state index is 0.147. The van der Waals surface area contributed by atoms with E-state index in [2.05, 4.69) is 5.32 Å². The number of rotatable bonds is 8. The number of benzene rings is 1. The molecule has 5 aliphatic rings. The lowest BCUT2D eigenvalue weighted by molar-refractivity contribution is -0.157. The number of aliphatic carboxylic acids is 1. The van der Waals surface area contributed by atoms with E-state index in [0.29, 0.717) is 62.2 Å². The van der Waals surface area contributed by atoms with E-state index in [-0.39, 0.29) is 42.1 Å². The quantitative estimate of drug-likeness (QED) is 0.400. The Labute approximate surface area is 284 Å². The minimum Gasteiger partial charge on any atom is -0.480 e. The summed E-state index contributed by atoms with van der Waals surface area (Å²) in [5, 5.41) is 12.8. The van der Waals surface area contributed by atoms with Crippen molar-refractivity contribution in [2.75, 3.05) is 19.6 Å². The summed E-state index contributed by atoms with van der Waals surface area (Å²) in [6, 6.07) is 3.75. The SMILES string of the molecule is CC[C@@H]1C=C[C@H]2CCN(C(=O)[C@@H]3CC[C@H]4C=C[C@]5(CCCN5C(=O)[C@H](Cc5ccccc5Cl)NC(C)=O)C(=O)N43)[C@@H]2C(=O)N1CC(=O)O. The molecule has 13 heteroatoms. The summed E-state index contributed by atoms with van der Waals surface area (Å²) < 4.78 is 0. The average Bonchev–Trinajstić information content (AvgIpc) is 3.78. The van der Waals surface area contributed by atoms with E-state index in [9.17, 15) is 33.9 Å². The standard InChI is InChI=1S/C35H42ClN5O7/c1-3-24-10-9-22-14-18-38(30(22)33(47)39(24)20-29(43)44)32(46)28-12-11-25-13-16-35(34(48)41(25)28)15-6-17-40(35)31(45)27(37-21(2)42)19-23-7-4-5-8-26(23)36/h4-5,7-10,13,16,22,24-25,27-28,30H,3,6,11-12,14-15,17-20H2,1-2H3,(H,37,42)(H,43,44)/t22-,24+,25-,27-,28-,30-,35+/m0/s1. The van der Waals surface area contributed by atoms with Crippen LogP contribution in [0.4, 0.5) is 0 Å². The van der Waals surface area contributed by atoms with E-state index in [4.69, 9.17) is 11.6 Å². The first-order valence-electron chi connectivity index (χ1n) is 16.8. The van der Waals surface area contributed by atoms with Crippen LogP contribution in [0.3, 0.4) is 0 Å². The molecule has 0 saturated carbocycles. The molecule has 2 N–H and O–H groups in total. The van der Waals surface area contributed by atoms with E-state index in [0.717, 1.165) is 0 Å². The van der Waals surface area contributed by atoms with Crippen LogP contribution in [0.25, 0.3) is 0 Å². The number of nitrogens with one attached hydrogen (secondary N) is 1. The van der Waals surface area contributed by atoms with Gasteiger partial charge in [0.05, 0.1) is 12.1 Å². The zero-order chi connectivity index (χ0) is 34.3. The number of halogens is 1. The molecule has 0 aliphatic carbocycles. The molecule has 256 valence electrons. The molecule has 0 aromatic heterocycles. The van der Waals surface area contributed by atoms with E-state index < -0.39 is 48.0 Å². The molecule has 12 nitrogen and oxygen atoms in total. The third kappa shape index (κ3) is 5.88. The van der Waals surface area contributed by atoms with Gasteiger partial charge in [-0.25, -0.2) is 0 Å². The number of amides is 5. The van der Waals surface area contributed by atoms with Gasteiger partial charge in [0.15, 0.2) is 0 Å². The van der Waals surface area contributed by atoms with Crippen LogP contribution in [0.5, 0.6) is 0 Å². The predicted octanol–water partition coefficient (Wildman–Crippen LogP) is 2.16. The first-order chi connectivity index (χ1) is 23.0. The number of fused-ring (bicyclic) bond motifs is 2. The van der Waals surface area contributed by atoms with Gasteiger partial charge in [0, 0.05) is 37.4 Å². The Morgan fingerprint density at radius 1 is 1.06 bits per heavy atom. The second-order valence-electron chi connectivity index (χ2n) is 13.4. The maximum atomic E-state index is 14.6. The summed E-state index contributed by atoms with van der Waals surface area (Å²) in [5.41, 5.74) is -0.622. The van der Waals surface area contributed by atoms with Crippen molar-refractivity contribution < 1.29 is 33.9 Å². The number of hydrogen-bond donors (Lipinski definition) is 2. The molecule has 0 bridgehead atoms. The van der Waals surface area contributed by atoms with Gasteiger partial charge < -0.3 is 30.0 Å². The van der Waals surface area contributed by atoms with Crippen LogP contribution in [0.2, 0.25) is 5.02 Å². The molecule has 6 rings (SSSR count). The van der Waals surface area contributed by atoms with Crippen molar-refractivity contribution in [2.24, 2.45) is 5.92 Å². The number of carboxylic acids is 1. The highest BCUT2D eigenvalue weighted by Crippen LogP contribution is 2.42. The second-order valence-corrected chi connectivity index (χ2v) is 13.9. The lowest BCUT2D eigenvalue weighted by atomic mass is 9.88. The lowest BCUT2D eigenvalue weighted by Crippen LogP contribution is -2.65. The van der Waals surface area contributed by atoms with E-state index >= 15 is 0 Å². The highest BCUT2D eigenvalue weighted by molar-refractivity contribution is 6.31. The zero-order valence-corrected chi connectivity index (χ0v) is 28.0. The van der Waals surface area contributed by atoms with Crippen molar-refractivity contribution in [1.29, 1.82) is 0 Å². The first-order valence-corrected chi connectivity index (χ1v) is 17.2. The number of carboxylic acid groups (broad SMARTS) is 1. The normalized spacial score (nSPS) is 30.0. The third-order valence-corrected chi connectivity index (χ3v) is 11.0. The number of carbonyl (C=O) groups is 6. The van der Waals surface area contributed by atoms with E-state index in [1.165, 1.54) is 11.8 Å². The van der Waals surface area contributed by atoms with Gasteiger partial charge in [-0.3, -0.25) is 28.8 Å². The smallest absolute Gasteiger partial charge is 0.323 e. The monoisotopic (exact) mass is 679 g/mol. The summed E-state index contributed by atoms with van der Waals surface area (Å²) in [6.45, 7) is 3.38. The van der Waals surface area contributed by atoms with Crippen LogP contribution in [-0.2, 0) is 35.2 Å². The summed E-state index contributed by atoms with van der Waals surface area (Å²) >= 11 is 6.40. The molecule has 3 saturated heterocycles. The Kier molecular flexibility index (Phi) is 9.39. The third-order valence-electron chi connectivity index (χ3n) is 10.6. The van der Waals surface area contributed by atoms with Crippen molar-refractivity contribution in [2.45, 2.75) is 94.5 Å². The highest BCUT2D eigenvalue weighted by atomic mass is 35.5. The molecule has 48 heavy (non-hydrogen) atoms. The van der Waals surface area contributed by atoms with Gasteiger partial charge in [-0.1, -0.05) is 61.0 Å². The van der Waals surface area contributed by atoms with Gasteiger partial charge in [0.1, 0.15) is 30.2 Å². The van der Waals surface area contributed by atoms with Crippen LogP contribution < -0.4 is 5.32 Å². The molecule has 5 amide bonds. The second kappa shape index (κ2) is 13.4. The average molecular weight is 680 g/mol. The maximum Gasteiger partial charge on any atom is 0.323 e. The van der Waals surface area contributed by atoms with Crippen LogP contribution >= 0.6 is 11.6 Å². The van der Waals surface area contributed by atoms with Crippen molar-refractivity contribution in [3.8, 4) is 0 Å². The summed E-state index contributed by atoms with van der Waals surface area (Å²) in [6.07, 6.45) is 10.7. The molecule has 0 radical (unpaired) electrons. The minimum atomic E-state index is -1.31. The van der Waals surface area contributed by atoms with Gasteiger partial charge in [0.25, 0.3) is 5.91 Å². The predicted molar refractivity (Wildman–Crippen MR) is 175 cm³/mol. The molecule has 1 aromatic rings. The maximum absolute atomic E-state index is 14.6. The molecule has 5 aliphatic heterocycles. The zero-order valence-electron chi connectivity index (χ0n) is 27.2. The Hall–Kier alpha value is -4.19. The Balaban J connectivity index is 1.26. The largest absolute Gasteiger partial charge is 0.480 e. The fourth-order valence-corrected chi connectivity index (χ4v) is 8.58. The van der Waals surface area contributed by atoms with Crippen LogP contribution in [-0.4, -0.2) is 116 Å². The first kappa shape index (κ1) is 33.7. The van der Waals surface area contributed by atoms with Crippen LogP contribution in [0.1, 0.15) is 57.9 Å². The Morgan fingerprint density at radius 3 is 2.54 bits per heavy atom. The van der Waals surface area contributed by atoms with Gasteiger partial charge in [-0.2, -0.15) is 0 Å². The fourth-order valence-electron chi connectivity index (χ4n) is 8.37. The molecule has 1 spiro atoms. The van der Waals surface area contributed by atoms with Crippen molar-refractivity contribution in [1.82, 2.24) is 24.9 Å². The van der Waals surface area contributed by atoms with Crippen molar-refractivity contribution in [3.63, 3.8) is 0 Å². The van der Waals surface area contributed by atoms with Crippen LogP contribution in [0, 0.1) is 5.92 Å². The van der Waals surface area contributed by atoms with Crippen LogP contribution in [0.15, 0.2) is 48.6 Å². The topological polar surface area (TPSA) is 148 Å². The summed E-state index contributed by atoms with van der Waals surface area (Å²) in [4.78, 5) is 87.1. The summed E-state index contributed by atoms with van der Waals surface area (Å²) in [7, 11) is 0. The van der Waals surface area contributed by atoms with E-state index in [1.54, 1.807) is 45.0 Å². The molecule has 1 aromatic carbocycles.